The van der Waals surface area contributed by atoms with E-state index in [1.54, 1.807) is 14.2 Å². The lowest BCUT2D eigenvalue weighted by Gasteiger charge is -2.13. The van der Waals surface area contributed by atoms with Crippen molar-refractivity contribution in [3.63, 3.8) is 0 Å². The average Bonchev–Trinajstić information content (AvgIpc) is 2.30. The van der Waals surface area contributed by atoms with Gasteiger partial charge in [0.2, 0.25) is 0 Å². The van der Waals surface area contributed by atoms with Crippen LogP contribution < -0.4 is 9.47 Å². The molecule has 0 aliphatic carbocycles. The molecule has 0 spiro atoms. The fourth-order valence-electron chi connectivity index (χ4n) is 1.49. The van der Waals surface area contributed by atoms with Gasteiger partial charge in [-0.2, -0.15) is 5.26 Å². The molecule has 0 saturated carbocycles. The highest BCUT2D eigenvalue weighted by Gasteiger charge is 2.14. The van der Waals surface area contributed by atoms with Crippen molar-refractivity contribution in [3.8, 4) is 17.6 Å². The van der Waals surface area contributed by atoms with Crippen molar-refractivity contribution < 1.29 is 9.47 Å². The number of rotatable bonds is 4. The van der Waals surface area contributed by atoms with E-state index >= 15 is 0 Å². The van der Waals surface area contributed by atoms with Crippen molar-refractivity contribution in [3.05, 3.63) is 23.8 Å². The maximum Gasteiger partial charge on any atom is 0.123 e. The summed E-state index contributed by atoms with van der Waals surface area (Å²) in [6.45, 7) is 1.98. The third kappa shape index (κ3) is 2.41. The van der Waals surface area contributed by atoms with Crippen LogP contribution >= 0.6 is 0 Å². The zero-order chi connectivity index (χ0) is 11.3. The van der Waals surface area contributed by atoms with Crippen molar-refractivity contribution in [2.24, 2.45) is 0 Å². The lowest BCUT2D eigenvalue weighted by Crippen LogP contribution is -1.99. The molecule has 3 nitrogen and oxygen atoms in total. The summed E-state index contributed by atoms with van der Waals surface area (Å²) >= 11 is 0. The highest BCUT2D eigenvalue weighted by molar-refractivity contribution is 5.44. The van der Waals surface area contributed by atoms with Crippen molar-refractivity contribution >= 4 is 0 Å². The molecule has 0 aliphatic rings. The topological polar surface area (TPSA) is 42.2 Å². The fraction of sp³-hybridized carbons (Fsp3) is 0.417. The van der Waals surface area contributed by atoms with Crippen LogP contribution in [0.25, 0.3) is 0 Å². The molecule has 0 bridgehead atoms. The third-order valence-electron chi connectivity index (χ3n) is 2.38. The van der Waals surface area contributed by atoms with Gasteiger partial charge in [0, 0.05) is 5.56 Å². The van der Waals surface area contributed by atoms with E-state index in [9.17, 15) is 0 Å². The number of nitriles is 1. The van der Waals surface area contributed by atoms with Crippen LogP contribution in [0.4, 0.5) is 0 Å². The fourth-order valence-corrected chi connectivity index (χ4v) is 1.49. The molecule has 0 heterocycles. The molecule has 0 saturated heterocycles. The number of ether oxygens (including phenoxy) is 2. The normalized spacial score (nSPS) is 11.6. The maximum atomic E-state index is 9.02. The predicted molar refractivity (Wildman–Crippen MR) is 58.2 cm³/mol. The minimum atomic E-state index is -0.143. The first-order chi connectivity index (χ1) is 7.26. The van der Waals surface area contributed by atoms with E-state index in [-0.39, 0.29) is 5.92 Å². The van der Waals surface area contributed by atoms with Gasteiger partial charge in [0.1, 0.15) is 11.5 Å². The van der Waals surface area contributed by atoms with Gasteiger partial charge in [-0.3, -0.25) is 0 Å². The predicted octanol–water partition coefficient (Wildman–Crippen LogP) is 2.72. The molecule has 1 rings (SSSR count). The molecule has 0 aromatic heterocycles. The second kappa shape index (κ2) is 5.26. The van der Waals surface area contributed by atoms with Gasteiger partial charge in [0.05, 0.1) is 26.2 Å². The van der Waals surface area contributed by atoms with E-state index in [4.69, 9.17) is 14.7 Å². The number of benzene rings is 1. The van der Waals surface area contributed by atoms with Gasteiger partial charge in [0.25, 0.3) is 0 Å². The molecule has 1 unspecified atom stereocenters. The number of hydrogen-bond donors (Lipinski definition) is 0. The van der Waals surface area contributed by atoms with Crippen LogP contribution in [0.5, 0.6) is 11.5 Å². The molecule has 1 aromatic carbocycles. The summed E-state index contributed by atoms with van der Waals surface area (Å²) in [5, 5.41) is 9.02. The van der Waals surface area contributed by atoms with Crippen LogP contribution in [0.1, 0.15) is 24.8 Å². The summed E-state index contributed by atoms with van der Waals surface area (Å²) in [6, 6.07) is 7.77. The van der Waals surface area contributed by atoms with Gasteiger partial charge in [-0.05, 0) is 24.6 Å². The molecule has 80 valence electrons. The second-order valence-corrected chi connectivity index (χ2v) is 3.20. The summed E-state index contributed by atoms with van der Waals surface area (Å²) in [5.41, 5.74) is 0.891. The van der Waals surface area contributed by atoms with Crippen molar-refractivity contribution in [2.45, 2.75) is 19.3 Å². The number of nitrogens with zero attached hydrogens (tertiary/aromatic N) is 1. The molecule has 1 aromatic rings. The van der Waals surface area contributed by atoms with Crippen molar-refractivity contribution in [1.82, 2.24) is 0 Å². The SMILES string of the molecule is CCC(C#N)c1cc(OC)ccc1OC. The Morgan fingerprint density at radius 3 is 2.53 bits per heavy atom. The largest absolute Gasteiger partial charge is 0.497 e. The van der Waals surface area contributed by atoms with E-state index in [1.165, 1.54) is 0 Å². The summed E-state index contributed by atoms with van der Waals surface area (Å²) in [4.78, 5) is 0. The third-order valence-corrected chi connectivity index (χ3v) is 2.38. The lowest BCUT2D eigenvalue weighted by atomic mass is 9.97. The van der Waals surface area contributed by atoms with Gasteiger partial charge in [-0.15, -0.1) is 0 Å². The molecular formula is C12H15NO2. The van der Waals surface area contributed by atoms with E-state index in [1.807, 2.05) is 25.1 Å². The Bertz CT molecular complexity index is 368. The van der Waals surface area contributed by atoms with Crippen molar-refractivity contribution in [2.75, 3.05) is 14.2 Å². The highest BCUT2D eigenvalue weighted by atomic mass is 16.5. The van der Waals surface area contributed by atoms with Crippen LogP contribution in [-0.2, 0) is 0 Å². The highest BCUT2D eigenvalue weighted by Crippen LogP contribution is 2.31. The summed E-state index contributed by atoms with van der Waals surface area (Å²) in [5.74, 6) is 1.35. The van der Waals surface area contributed by atoms with E-state index in [2.05, 4.69) is 6.07 Å². The molecule has 0 N–H and O–H groups in total. The van der Waals surface area contributed by atoms with Gasteiger partial charge in [-0.1, -0.05) is 6.92 Å². The van der Waals surface area contributed by atoms with Crippen LogP contribution in [0.2, 0.25) is 0 Å². The second-order valence-electron chi connectivity index (χ2n) is 3.20. The zero-order valence-corrected chi connectivity index (χ0v) is 9.28. The van der Waals surface area contributed by atoms with Crippen LogP contribution in [0.3, 0.4) is 0 Å². The monoisotopic (exact) mass is 205 g/mol. The lowest BCUT2D eigenvalue weighted by molar-refractivity contribution is 0.397. The first-order valence-corrected chi connectivity index (χ1v) is 4.88. The van der Waals surface area contributed by atoms with Crippen LogP contribution in [0, 0.1) is 11.3 Å². The summed E-state index contributed by atoms with van der Waals surface area (Å²) < 4.78 is 10.4. The number of methoxy groups -OCH3 is 2. The van der Waals surface area contributed by atoms with Gasteiger partial charge in [0.15, 0.2) is 0 Å². The molecule has 15 heavy (non-hydrogen) atoms. The smallest absolute Gasteiger partial charge is 0.123 e. The minimum absolute atomic E-state index is 0.143. The Hall–Kier alpha value is -1.69. The standard InChI is InChI=1S/C12H15NO2/c1-4-9(8-13)11-7-10(14-2)5-6-12(11)15-3/h5-7,9H,4H2,1-3H3. The average molecular weight is 205 g/mol. The molecule has 3 heteroatoms. The van der Waals surface area contributed by atoms with Crippen LogP contribution in [-0.4, -0.2) is 14.2 Å². The zero-order valence-electron chi connectivity index (χ0n) is 9.28. The van der Waals surface area contributed by atoms with Gasteiger partial charge >= 0.3 is 0 Å². The van der Waals surface area contributed by atoms with Gasteiger partial charge < -0.3 is 9.47 Å². The van der Waals surface area contributed by atoms with Crippen molar-refractivity contribution in [1.29, 1.82) is 5.26 Å². The summed E-state index contributed by atoms with van der Waals surface area (Å²) in [7, 11) is 3.22. The van der Waals surface area contributed by atoms with Crippen LogP contribution in [0.15, 0.2) is 18.2 Å². The minimum Gasteiger partial charge on any atom is -0.497 e. The Balaban J connectivity index is 3.17. The molecular weight excluding hydrogens is 190 g/mol. The Kier molecular flexibility index (Phi) is 3.99. The summed E-state index contributed by atoms with van der Waals surface area (Å²) in [6.07, 6.45) is 0.764. The molecule has 1 atom stereocenters. The van der Waals surface area contributed by atoms with Gasteiger partial charge in [-0.25, -0.2) is 0 Å². The molecule has 0 radical (unpaired) electrons. The Morgan fingerprint density at radius 2 is 2.07 bits per heavy atom. The number of hydrogen-bond acceptors (Lipinski definition) is 3. The molecule has 0 amide bonds. The van der Waals surface area contributed by atoms with E-state index in [0.29, 0.717) is 0 Å². The molecule has 0 aliphatic heterocycles. The maximum absolute atomic E-state index is 9.02. The van der Waals surface area contributed by atoms with E-state index < -0.39 is 0 Å². The quantitative estimate of drug-likeness (QED) is 0.759. The first-order valence-electron chi connectivity index (χ1n) is 4.88. The van der Waals surface area contributed by atoms with E-state index in [0.717, 1.165) is 23.5 Å². The Labute approximate surface area is 90.2 Å². The molecule has 0 fully saturated rings. The first kappa shape index (κ1) is 11.4. The Morgan fingerprint density at radius 1 is 1.33 bits per heavy atom.